The van der Waals surface area contributed by atoms with Crippen molar-refractivity contribution in [2.45, 2.75) is 5.92 Å². The summed E-state index contributed by atoms with van der Waals surface area (Å²) in [6, 6.07) is 55.9. The molecule has 2 heterocycles. The van der Waals surface area contributed by atoms with E-state index in [4.69, 9.17) is 0 Å². The van der Waals surface area contributed by atoms with E-state index in [9.17, 15) is 0 Å². The molecule has 2 N–H and O–H groups in total. The van der Waals surface area contributed by atoms with Gasteiger partial charge in [0.2, 0.25) is 0 Å². The van der Waals surface area contributed by atoms with Crippen LogP contribution in [-0.2, 0) is 0 Å². The minimum absolute atomic E-state index is 0.0350. The molecule has 0 aliphatic rings. The van der Waals surface area contributed by atoms with Gasteiger partial charge in [0.25, 0.3) is 0 Å². The van der Waals surface area contributed by atoms with Gasteiger partial charge in [-0.25, -0.2) is 0 Å². The van der Waals surface area contributed by atoms with Gasteiger partial charge in [-0.1, -0.05) is 137 Å². The van der Waals surface area contributed by atoms with Gasteiger partial charge in [0.05, 0.1) is 5.92 Å². The molecular formula is C39H29BrN2. The van der Waals surface area contributed by atoms with Crippen molar-refractivity contribution in [2.24, 2.45) is 0 Å². The maximum Gasteiger partial charge on any atom is 0.0641 e. The van der Waals surface area contributed by atoms with Crippen molar-refractivity contribution in [1.29, 1.82) is 0 Å². The molecule has 42 heavy (non-hydrogen) atoms. The third-order valence-electron chi connectivity index (χ3n) is 7.85. The molecule has 2 nitrogen and oxygen atoms in total. The highest BCUT2D eigenvalue weighted by Gasteiger charge is 2.21. The van der Waals surface area contributed by atoms with Crippen molar-refractivity contribution >= 4 is 15.9 Å². The van der Waals surface area contributed by atoms with E-state index in [1.807, 2.05) is 0 Å². The van der Waals surface area contributed by atoms with Crippen LogP contribution in [0.25, 0.3) is 44.8 Å². The Morgan fingerprint density at radius 1 is 0.357 bits per heavy atom. The fourth-order valence-corrected chi connectivity index (χ4v) is 5.89. The van der Waals surface area contributed by atoms with Gasteiger partial charge in [0.15, 0.2) is 0 Å². The normalized spacial score (nSPS) is 11.2. The number of hydrogen-bond donors (Lipinski definition) is 2. The Morgan fingerprint density at radius 3 is 1.17 bits per heavy atom. The Labute approximate surface area is 254 Å². The van der Waals surface area contributed by atoms with Crippen molar-refractivity contribution in [3.05, 3.63) is 179 Å². The maximum absolute atomic E-state index is 3.74. The summed E-state index contributed by atoms with van der Waals surface area (Å²) in [6.45, 7) is 0. The minimum Gasteiger partial charge on any atom is -0.358 e. The van der Waals surface area contributed by atoms with Crippen LogP contribution in [0, 0.1) is 0 Å². The first-order valence-electron chi connectivity index (χ1n) is 14.2. The molecular weight excluding hydrogens is 576 g/mol. The average molecular weight is 606 g/mol. The summed E-state index contributed by atoms with van der Waals surface area (Å²) in [7, 11) is 0. The molecule has 0 aliphatic heterocycles. The van der Waals surface area contributed by atoms with Crippen LogP contribution in [0.2, 0.25) is 0 Å². The molecule has 0 unspecified atom stereocenters. The Balaban J connectivity index is 1.20. The van der Waals surface area contributed by atoms with Crippen molar-refractivity contribution < 1.29 is 0 Å². The molecule has 5 aromatic carbocycles. The minimum atomic E-state index is 0.0350. The second-order valence-corrected chi connectivity index (χ2v) is 11.4. The molecule has 0 radical (unpaired) electrons. The average Bonchev–Trinajstić information content (AvgIpc) is 3.75. The van der Waals surface area contributed by atoms with Crippen LogP contribution >= 0.6 is 15.9 Å². The van der Waals surface area contributed by atoms with Gasteiger partial charge in [-0.15, -0.1) is 0 Å². The molecule has 202 valence electrons. The van der Waals surface area contributed by atoms with E-state index in [-0.39, 0.29) is 5.92 Å². The molecule has 0 aliphatic carbocycles. The number of aromatic amines is 2. The zero-order valence-corrected chi connectivity index (χ0v) is 24.6. The molecule has 0 spiro atoms. The van der Waals surface area contributed by atoms with Gasteiger partial charge in [-0.3, -0.25) is 0 Å². The molecule has 0 saturated heterocycles. The highest BCUT2D eigenvalue weighted by atomic mass is 79.9. The molecule has 3 heteroatoms. The number of H-pyrrole nitrogens is 2. The number of nitrogens with one attached hydrogen (secondary N) is 2. The quantitative estimate of drug-likeness (QED) is 0.181. The van der Waals surface area contributed by atoms with Crippen LogP contribution in [0.1, 0.15) is 22.9 Å². The van der Waals surface area contributed by atoms with Gasteiger partial charge in [-0.05, 0) is 75.3 Å². The van der Waals surface area contributed by atoms with E-state index in [1.54, 1.807) is 0 Å². The fraction of sp³-hybridized carbons (Fsp3) is 0.0256. The smallest absolute Gasteiger partial charge is 0.0641 e. The van der Waals surface area contributed by atoms with Gasteiger partial charge >= 0.3 is 0 Å². The number of hydrogen-bond acceptors (Lipinski definition) is 0. The van der Waals surface area contributed by atoms with E-state index < -0.39 is 0 Å². The number of aromatic nitrogens is 2. The Morgan fingerprint density at radius 2 is 0.738 bits per heavy atom. The van der Waals surface area contributed by atoms with Crippen LogP contribution in [0.5, 0.6) is 0 Å². The zero-order valence-electron chi connectivity index (χ0n) is 23.0. The summed E-state index contributed by atoms with van der Waals surface area (Å²) in [4.78, 5) is 7.49. The Bertz CT molecular complexity index is 1780. The molecule has 2 aromatic heterocycles. The third-order valence-corrected chi connectivity index (χ3v) is 8.38. The predicted octanol–water partition coefficient (Wildman–Crippen LogP) is 11.0. The first-order chi connectivity index (χ1) is 20.7. The van der Waals surface area contributed by atoms with Crippen molar-refractivity contribution in [1.82, 2.24) is 9.97 Å². The van der Waals surface area contributed by atoms with Crippen LogP contribution in [-0.4, -0.2) is 9.97 Å². The summed E-state index contributed by atoms with van der Waals surface area (Å²) in [5.41, 5.74) is 12.9. The molecule has 0 saturated carbocycles. The van der Waals surface area contributed by atoms with Crippen LogP contribution in [0.15, 0.2) is 162 Å². The molecule has 0 atom stereocenters. The molecule has 7 aromatic rings. The first kappa shape index (κ1) is 26.1. The Hall–Kier alpha value is -4.86. The molecule has 0 fully saturated rings. The van der Waals surface area contributed by atoms with Crippen molar-refractivity contribution in [3.8, 4) is 44.8 Å². The fourth-order valence-electron chi connectivity index (χ4n) is 5.63. The lowest BCUT2D eigenvalue weighted by Crippen LogP contribution is -2.04. The monoisotopic (exact) mass is 604 g/mol. The summed E-state index contributed by atoms with van der Waals surface area (Å²) in [5, 5.41) is 0. The highest BCUT2D eigenvalue weighted by molar-refractivity contribution is 9.10. The third kappa shape index (κ3) is 5.39. The highest BCUT2D eigenvalue weighted by Crippen LogP contribution is 2.35. The van der Waals surface area contributed by atoms with Crippen molar-refractivity contribution in [2.75, 3.05) is 0 Å². The lowest BCUT2D eigenvalue weighted by molar-refractivity contribution is 0.899. The number of rotatable bonds is 7. The van der Waals surface area contributed by atoms with Crippen LogP contribution in [0.4, 0.5) is 0 Å². The van der Waals surface area contributed by atoms with E-state index in [2.05, 4.69) is 184 Å². The second-order valence-electron chi connectivity index (χ2n) is 10.5. The van der Waals surface area contributed by atoms with Gasteiger partial charge < -0.3 is 9.97 Å². The van der Waals surface area contributed by atoms with E-state index in [0.29, 0.717) is 0 Å². The Kier molecular flexibility index (Phi) is 7.17. The van der Waals surface area contributed by atoms with Gasteiger partial charge in [-0.2, -0.15) is 0 Å². The molecule has 7 rings (SSSR count). The zero-order chi connectivity index (χ0) is 28.3. The van der Waals surface area contributed by atoms with Gasteiger partial charge in [0.1, 0.15) is 0 Å². The topological polar surface area (TPSA) is 31.6 Å². The number of benzene rings is 5. The largest absolute Gasteiger partial charge is 0.358 e. The first-order valence-corrected chi connectivity index (χ1v) is 15.0. The summed E-state index contributed by atoms with van der Waals surface area (Å²) in [5.74, 6) is 0.0350. The predicted molar refractivity (Wildman–Crippen MR) is 178 cm³/mol. The van der Waals surface area contributed by atoms with Gasteiger partial charge in [0, 0.05) is 27.2 Å². The maximum atomic E-state index is 3.74. The van der Waals surface area contributed by atoms with Crippen molar-refractivity contribution in [3.63, 3.8) is 0 Å². The standard InChI is InChI=1S/C39H29BrN2/c40-34-21-19-33(20-22-34)39(37-25-23-35(41-37)31-15-11-29(12-16-31)27-7-3-1-4-8-27)38-26-24-36(42-38)32-17-13-30(14-18-32)28-9-5-2-6-10-28/h1-26,39,41-42H. The molecule has 0 amide bonds. The van der Waals surface area contributed by atoms with Crippen LogP contribution < -0.4 is 0 Å². The summed E-state index contributed by atoms with van der Waals surface area (Å²) >= 11 is 3.61. The van der Waals surface area contributed by atoms with E-state index in [1.165, 1.54) is 38.9 Å². The van der Waals surface area contributed by atoms with Crippen LogP contribution in [0.3, 0.4) is 0 Å². The lowest BCUT2D eigenvalue weighted by atomic mass is 9.93. The number of halogens is 1. The van der Waals surface area contributed by atoms with E-state index >= 15 is 0 Å². The lowest BCUT2D eigenvalue weighted by Gasteiger charge is -2.16. The summed E-state index contributed by atoms with van der Waals surface area (Å²) in [6.07, 6.45) is 0. The van der Waals surface area contributed by atoms with E-state index in [0.717, 1.165) is 27.2 Å². The molecule has 0 bridgehead atoms. The SMILES string of the molecule is Brc1ccc(C(c2ccc(-c3ccc(-c4ccccc4)cc3)[nH]2)c2ccc(-c3ccc(-c4ccccc4)cc3)[nH]2)cc1. The second kappa shape index (κ2) is 11.6. The summed E-state index contributed by atoms with van der Waals surface area (Å²) < 4.78 is 1.07.